The van der Waals surface area contributed by atoms with Gasteiger partial charge in [0.25, 0.3) is 0 Å². The summed E-state index contributed by atoms with van der Waals surface area (Å²) in [7, 11) is 0. The lowest BCUT2D eigenvalue weighted by Crippen LogP contribution is -2.40. The number of nitrogens with zero attached hydrogens (tertiary/aromatic N) is 4. The fraction of sp³-hybridized carbons (Fsp3) is 0.364. The van der Waals surface area contributed by atoms with Crippen LogP contribution in [-0.4, -0.2) is 39.0 Å². The molecular formula is C22H25N5O2. The van der Waals surface area contributed by atoms with Gasteiger partial charge in [0.2, 0.25) is 17.6 Å². The monoisotopic (exact) mass is 391 g/mol. The van der Waals surface area contributed by atoms with Crippen molar-refractivity contribution in [2.24, 2.45) is 5.92 Å². The van der Waals surface area contributed by atoms with Gasteiger partial charge in [-0.1, -0.05) is 41.1 Å². The van der Waals surface area contributed by atoms with Crippen LogP contribution in [-0.2, 0) is 17.9 Å². The maximum Gasteiger partial charge on any atom is 0.241 e. The summed E-state index contributed by atoms with van der Waals surface area (Å²) < 4.78 is 5.42. The number of nitrogens with one attached hydrogen (secondary N) is 1. The highest BCUT2D eigenvalue weighted by Crippen LogP contribution is 2.21. The summed E-state index contributed by atoms with van der Waals surface area (Å²) in [6.45, 7) is 4.81. The first-order valence-electron chi connectivity index (χ1n) is 9.97. The number of likely N-dealkylation sites (tertiary alicyclic amines) is 1. The molecule has 3 aromatic rings. The number of benzene rings is 1. The Labute approximate surface area is 170 Å². The van der Waals surface area contributed by atoms with Gasteiger partial charge in [0.15, 0.2) is 0 Å². The third-order valence-electron chi connectivity index (χ3n) is 5.26. The molecule has 1 saturated heterocycles. The van der Waals surface area contributed by atoms with Crippen LogP contribution < -0.4 is 5.32 Å². The van der Waals surface area contributed by atoms with E-state index < -0.39 is 0 Å². The van der Waals surface area contributed by atoms with Crippen molar-refractivity contribution >= 4 is 5.91 Å². The van der Waals surface area contributed by atoms with Crippen molar-refractivity contribution in [3.63, 3.8) is 0 Å². The number of rotatable bonds is 6. The molecule has 1 aliphatic heterocycles. The summed E-state index contributed by atoms with van der Waals surface area (Å²) in [6.07, 6.45) is 3.39. The Kier molecular flexibility index (Phi) is 5.95. The fourth-order valence-corrected chi connectivity index (χ4v) is 3.51. The number of aromatic nitrogens is 3. The van der Waals surface area contributed by atoms with Crippen molar-refractivity contribution in [1.29, 1.82) is 0 Å². The van der Waals surface area contributed by atoms with Crippen LogP contribution in [0, 0.1) is 12.8 Å². The van der Waals surface area contributed by atoms with Crippen LogP contribution in [0.25, 0.3) is 11.4 Å². The lowest BCUT2D eigenvalue weighted by atomic mass is 9.96. The number of hydrogen-bond acceptors (Lipinski definition) is 6. The molecular weight excluding hydrogens is 366 g/mol. The van der Waals surface area contributed by atoms with Crippen molar-refractivity contribution < 1.29 is 9.32 Å². The molecule has 0 bridgehead atoms. The predicted molar refractivity (Wildman–Crippen MR) is 109 cm³/mol. The number of carbonyl (C=O) groups is 1. The Morgan fingerprint density at radius 1 is 1.17 bits per heavy atom. The van der Waals surface area contributed by atoms with Gasteiger partial charge in [-0.15, -0.1) is 0 Å². The number of aryl methyl sites for hydroxylation is 1. The summed E-state index contributed by atoms with van der Waals surface area (Å²) in [5.74, 6) is 1.37. The topological polar surface area (TPSA) is 84.2 Å². The summed E-state index contributed by atoms with van der Waals surface area (Å²) in [5, 5.41) is 7.09. The van der Waals surface area contributed by atoms with Gasteiger partial charge in [0.05, 0.1) is 18.8 Å². The van der Waals surface area contributed by atoms with Crippen molar-refractivity contribution in [2.75, 3.05) is 13.1 Å². The number of carbonyl (C=O) groups excluding carboxylic acids is 1. The van der Waals surface area contributed by atoms with E-state index in [9.17, 15) is 4.79 Å². The maximum absolute atomic E-state index is 12.4. The van der Waals surface area contributed by atoms with E-state index >= 15 is 0 Å². The second-order valence-electron chi connectivity index (χ2n) is 7.47. The zero-order valence-electron chi connectivity index (χ0n) is 16.5. The highest BCUT2D eigenvalue weighted by Gasteiger charge is 2.26. The lowest BCUT2D eigenvalue weighted by molar-refractivity contribution is -0.126. The third-order valence-corrected chi connectivity index (χ3v) is 5.26. The van der Waals surface area contributed by atoms with Gasteiger partial charge in [-0.05, 0) is 45.0 Å². The second-order valence-corrected chi connectivity index (χ2v) is 7.47. The van der Waals surface area contributed by atoms with E-state index in [2.05, 4.69) is 25.3 Å². The third kappa shape index (κ3) is 5.06. The molecule has 29 heavy (non-hydrogen) atoms. The van der Waals surface area contributed by atoms with Gasteiger partial charge in [-0.3, -0.25) is 14.7 Å². The van der Waals surface area contributed by atoms with E-state index in [-0.39, 0.29) is 11.8 Å². The van der Waals surface area contributed by atoms with E-state index in [1.807, 2.05) is 49.4 Å². The smallest absolute Gasteiger partial charge is 0.241 e. The first kappa shape index (κ1) is 19.3. The highest BCUT2D eigenvalue weighted by molar-refractivity contribution is 5.78. The highest BCUT2D eigenvalue weighted by atomic mass is 16.5. The average Bonchev–Trinajstić information content (AvgIpc) is 3.22. The SMILES string of the molecule is Cc1ccc(-c2noc(CN3CCC(C(=O)NCc4ccccn4)CC3)n2)cc1. The van der Waals surface area contributed by atoms with Crippen LogP contribution in [0.15, 0.2) is 53.2 Å². The first-order valence-corrected chi connectivity index (χ1v) is 9.97. The lowest BCUT2D eigenvalue weighted by Gasteiger charge is -2.30. The Balaban J connectivity index is 1.25. The maximum atomic E-state index is 12.4. The molecule has 0 aliphatic carbocycles. The molecule has 0 atom stereocenters. The average molecular weight is 391 g/mol. The predicted octanol–water partition coefficient (Wildman–Crippen LogP) is 2.97. The van der Waals surface area contributed by atoms with E-state index in [0.717, 1.165) is 37.2 Å². The van der Waals surface area contributed by atoms with Crippen LogP contribution in [0.4, 0.5) is 0 Å². The van der Waals surface area contributed by atoms with Crippen LogP contribution in [0.3, 0.4) is 0 Å². The van der Waals surface area contributed by atoms with Crippen LogP contribution in [0.2, 0.25) is 0 Å². The van der Waals surface area contributed by atoms with Crippen molar-refractivity contribution in [3.05, 3.63) is 65.8 Å². The number of pyridine rings is 1. The fourth-order valence-electron chi connectivity index (χ4n) is 3.51. The van der Waals surface area contributed by atoms with Gasteiger partial charge in [-0.25, -0.2) is 0 Å². The summed E-state index contributed by atoms with van der Waals surface area (Å²) in [4.78, 5) is 23.4. The summed E-state index contributed by atoms with van der Waals surface area (Å²) in [5.41, 5.74) is 3.03. The molecule has 0 radical (unpaired) electrons. The Morgan fingerprint density at radius 3 is 2.69 bits per heavy atom. The van der Waals surface area contributed by atoms with Crippen LogP contribution in [0.5, 0.6) is 0 Å². The molecule has 0 saturated carbocycles. The van der Waals surface area contributed by atoms with Crippen LogP contribution in [0.1, 0.15) is 30.0 Å². The zero-order valence-corrected chi connectivity index (χ0v) is 16.5. The molecule has 0 unspecified atom stereocenters. The Morgan fingerprint density at radius 2 is 1.97 bits per heavy atom. The zero-order chi connectivity index (χ0) is 20.1. The molecule has 1 fully saturated rings. The van der Waals surface area contributed by atoms with Crippen LogP contribution >= 0.6 is 0 Å². The largest absolute Gasteiger partial charge is 0.350 e. The normalized spacial score (nSPS) is 15.3. The molecule has 0 spiro atoms. The van der Waals surface area contributed by atoms with Crippen molar-refractivity contribution in [1.82, 2.24) is 25.3 Å². The molecule has 4 rings (SSSR count). The summed E-state index contributed by atoms with van der Waals surface area (Å²) in [6, 6.07) is 13.8. The standard InChI is InChI=1S/C22H25N5O2/c1-16-5-7-17(8-6-16)21-25-20(29-26-21)15-27-12-9-18(10-13-27)22(28)24-14-19-4-2-3-11-23-19/h2-8,11,18H,9-10,12-15H2,1H3,(H,24,28). The molecule has 150 valence electrons. The molecule has 7 nitrogen and oxygen atoms in total. The first-order chi connectivity index (χ1) is 14.2. The molecule has 3 heterocycles. The van der Waals surface area contributed by atoms with Crippen molar-refractivity contribution in [3.8, 4) is 11.4 Å². The molecule has 1 N–H and O–H groups in total. The quantitative estimate of drug-likeness (QED) is 0.695. The van der Waals surface area contributed by atoms with Crippen molar-refractivity contribution in [2.45, 2.75) is 32.9 Å². The van der Waals surface area contributed by atoms with Gasteiger partial charge in [0.1, 0.15) is 0 Å². The summed E-state index contributed by atoms with van der Waals surface area (Å²) >= 11 is 0. The number of piperidine rings is 1. The molecule has 1 aromatic carbocycles. The van der Waals surface area contributed by atoms with E-state index in [1.165, 1.54) is 5.56 Å². The van der Waals surface area contributed by atoms with Gasteiger partial charge in [-0.2, -0.15) is 4.98 Å². The van der Waals surface area contributed by atoms with Gasteiger partial charge < -0.3 is 9.84 Å². The molecule has 1 amide bonds. The minimum atomic E-state index is 0.0424. The molecule has 1 aliphatic rings. The molecule has 2 aromatic heterocycles. The number of amides is 1. The Bertz CT molecular complexity index is 931. The van der Waals surface area contributed by atoms with E-state index in [1.54, 1.807) is 6.20 Å². The number of hydrogen-bond donors (Lipinski definition) is 1. The van der Waals surface area contributed by atoms with Gasteiger partial charge in [0, 0.05) is 17.7 Å². The van der Waals surface area contributed by atoms with Gasteiger partial charge >= 0.3 is 0 Å². The second kappa shape index (κ2) is 8.96. The molecule has 7 heteroatoms. The van der Waals surface area contributed by atoms with E-state index in [0.29, 0.717) is 24.8 Å². The Hall–Kier alpha value is -3.06. The van der Waals surface area contributed by atoms with E-state index in [4.69, 9.17) is 4.52 Å². The minimum absolute atomic E-state index is 0.0424. The minimum Gasteiger partial charge on any atom is -0.350 e.